The molecule has 0 aliphatic carbocycles. The third-order valence-corrected chi connectivity index (χ3v) is 5.22. The van der Waals surface area contributed by atoms with E-state index in [1.165, 1.54) is 0 Å². The van der Waals surface area contributed by atoms with Gasteiger partial charge in [0.1, 0.15) is 5.15 Å². The maximum atomic E-state index is 6.09. The van der Waals surface area contributed by atoms with Crippen molar-refractivity contribution in [1.29, 1.82) is 0 Å². The predicted molar refractivity (Wildman–Crippen MR) is 119 cm³/mol. The lowest BCUT2D eigenvalue weighted by molar-refractivity contribution is 0.751. The summed E-state index contributed by atoms with van der Waals surface area (Å²) in [4.78, 5) is 11.1. The molecule has 0 aromatic carbocycles. The second-order valence-electron chi connectivity index (χ2n) is 5.40. The maximum absolute atomic E-state index is 6.09. The number of hydrogen-bond donors (Lipinski definition) is 2. The smallest absolute Gasteiger partial charge is 0.191 e. The molecule has 2 N–H and O–H groups in total. The molecule has 2 aromatic rings. The summed E-state index contributed by atoms with van der Waals surface area (Å²) in [6.45, 7) is 3.91. The average molecular weight is 517 g/mol. The highest BCUT2D eigenvalue weighted by Crippen LogP contribution is 2.25. The molecular weight excluding hydrogens is 494 g/mol. The maximum Gasteiger partial charge on any atom is 0.191 e. The van der Waals surface area contributed by atoms with Gasteiger partial charge < -0.3 is 20.1 Å². The Morgan fingerprint density at radius 2 is 2.08 bits per heavy atom. The Morgan fingerprint density at radius 3 is 2.60 bits per heavy atom. The summed E-state index contributed by atoms with van der Waals surface area (Å²) < 4.78 is 1.85. The highest BCUT2D eigenvalue weighted by Gasteiger charge is 2.09. The topological polar surface area (TPSA) is 57.5 Å². The van der Waals surface area contributed by atoms with Crippen LogP contribution in [0.1, 0.15) is 18.3 Å². The van der Waals surface area contributed by atoms with Gasteiger partial charge in [0.25, 0.3) is 0 Å². The molecule has 2 aromatic heterocycles. The first kappa shape index (κ1) is 22.3. The van der Waals surface area contributed by atoms with Gasteiger partial charge in [-0.2, -0.15) is 0 Å². The van der Waals surface area contributed by atoms with E-state index in [1.54, 1.807) is 11.3 Å². The molecule has 25 heavy (non-hydrogen) atoms. The molecule has 0 amide bonds. The largest absolute Gasteiger partial charge is 0.357 e. The van der Waals surface area contributed by atoms with E-state index in [4.69, 9.17) is 23.2 Å². The number of guanidine groups is 1. The fourth-order valence-electron chi connectivity index (χ4n) is 2.01. The summed E-state index contributed by atoms with van der Waals surface area (Å²) in [5, 5.41) is 10.6. The SMILES string of the molecule is CCNC(=NCc1csc(N(C)C)n1)NCc1cc(Cl)c(Cl)n1C.I. The number of halogens is 3. The Kier molecular flexibility index (Phi) is 9.33. The lowest BCUT2D eigenvalue weighted by Gasteiger charge is -2.11. The van der Waals surface area contributed by atoms with Crippen LogP contribution in [0.4, 0.5) is 5.13 Å². The normalized spacial score (nSPS) is 11.2. The molecule has 2 heterocycles. The number of aliphatic imine (C=N–C) groups is 1. The van der Waals surface area contributed by atoms with E-state index in [0.717, 1.165) is 29.0 Å². The molecule has 0 atom stereocenters. The number of thiazole rings is 1. The molecule has 6 nitrogen and oxygen atoms in total. The van der Waals surface area contributed by atoms with Crippen molar-refractivity contribution in [3.8, 4) is 0 Å². The van der Waals surface area contributed by atoms with E-state index in [2.05, 4.69) is 20.6 Å². The fraction of sp³-hybridized carbons (Fsp3) is 0.467. The molecule has 10 heteroatoms. The fourth-order valence-corrected chi connectivity index (χ4v) is 3.17. The first-order valence-electron chi connectivity index (χ1n) is 7.55. The Bertz CT molecular complexity index is 713. The number of aromatic nitrogens is 2. The van der Waals surface area contributed by atoms with Crippen molar-refractivity contribution in [1.82, 2.24) is 20.2 Å². The van der Waals surface area contributed by atoms with Gasteiger partial charge in [0.2, 0.25) is 0 Å². The highest BCUT2D eigenvalue weighted by molar-refractivity contribution is 14.0. The summed E-state index contributed by atoms with van der Waals surface area (Å²) >= 11 is 13.7. The van der Waals surface area contributed by atoms with E-state index < -0.39 is 0 Å². The van der Waals surface area contributed by atoms with Crippen LogP contribution in [0.5, 0.6) is 0 Å². The van der Waals surface area contributed by atoms with Crippen LogP contribution in [0.15, 0.2) is 16.4 Å². The van der Waals surface area contributed by atoms with Crippen LogP contribution in [0.2, 0.25) is 10.2 Å². The van der Waals surface area contributed by atoms with Crippen molar-refractivity contribution in [3.63, 3.8) is 0 Å². The first-order valence-corrected chi connectivity index (χ1v) is 9.19. The zero-order valence-electron chi connectivity index (χ0n) is 14.6. The van der Waals surface area contributed by atoms with E-state index in [1.807, 2.05) is 49.0 Å². The van der Waals surface area contributed by atoms with Gasteiger partial charge in [-0.05, 0) is 13.0 Å². The van der Waals surface area contributed by atoms with E-state index in [9.17, 15) is 0 Å². The molecular formula is C15H23Cl2IN6S. The van der Waals surface area contributed by atoms with Crippen LogP contribution < -0.4 is 15.5 Å². The van der Waals surface area contributed by atoms with Gasteiger partial charge in [-0.1, -0.05) is 23.2 Å². The van der Waals surface area contributed by atoms with Gasteiger partial charge in [-0.25, -0.2) is 9.98 Å². The van der Waals surface area contributed by atoms with Crippen molar-refractivity contribution in [2.45, 2.75) is 20.0 Å². The van der Waals surface area contributed by atoms with Crippen LogP contribution in [0.3, 0.4) is 0 Å². The van der Waals surface area contributed by atoms with Crippen molar-refractivity contribution < 1.29 is 0 Å². The average Bonchev–Trinajstić information content (AvgIpc) is 3.11. The van der Waals surface area contributed by atoms with Crippen molar-refractivity contribution in [2.75, 3.05) is 25.5 Å². The highest BCUT2D eigenvalue weighted by atomic mass is 127. The monoisotopic (exact) mass is 516 g/mol. The minimum Gasteiger partial charge on any atom is -0.357 e. The number of rotatable bonds is 6. The van der Waals surface area contributed by atoms with E-state index in [-0.39, 0.29) is 24.0 Å². The summed E-state index contributed by atoms with van der Waals surface area (Å²) in [6, 6.07) is 1.85. The second kappa shape index (κ2) is 10.4. The van der Waals surface area contributed by atoms with Crippen LogP contribution in [0.25, 0.3) is 0 Å². The van der Waals surface area contributed by atoms with Gasteiger partial charge >= 0.3 is 0 Å². The van der Waals surface area contributed by atoms with E-state index >= 15 is 0 Å². The zero-order chi connectivity index (χ0) is 17.7. The summed E-state index contributed by atoms with van der Waals surface area (Å²) in [5.74, 6) is 0.727. The van der Waals surface area contributed by atoms with E-state index in [0.29, 0.717) is 23.3 Å². The minimum absolute atomic E-state index is 0. The molecule has 2 rings (SSSR count). The van der Waals surface area contributed by atoms with Gasteiger partial charge in [0, 0.05) is 38.8 Å². The van der Waals surface area contributed by atoms with Crippen molar-refractivity contribution in [3.05, 3.63) is 33.0 Å². The number of hydrogen-bond acceptors (Lipinski definition) is 4. The Balaban J connectivity index is 0.00000312. The summed E-state index contributed by atoms with van der Waals surface area (Å²) in [6.07, 6.45) is 0. The summed E-state index contributed by atoms with van der Waals surface area (Å²) in [5.41, 5.74) is 1.94. The lowest BCUT2D eigenvalue weighted by atomic mass is 10.4. The van der Waals surface area contributed by atoms with Gasteiger partial charge in [-0.3, -0.25) is 0 Å². The molecule has 0 radical (unpaired) electrons. The number of anilines is 1. The van der Waals surface area contributed by atoms with Crippen LogP contribution >= 0.6 is 58.5 Å². The number of nitrogens with one attached hydrogen (secondary N) is 2. The molecule has 0 spiro atoms. The predicted octanol–water partition coefficient (Wildman–Crippen LogP) is 3.73. The van der Waals surface area contributed by atoms with Gasteiger partial charge in [0.15, 0.2) is 11.1 Å². The van der Waals surface area contributed by atoms with Crippen molar-refractivity contribution >= 4 is 69.6 Å². The van der Waals surface area contributed by atoms with Crippen LogP contribution in [-0.2, 0) is 20.1 Å². The quantitative estimate of drug-likeness (QED) is 0.349. The van der Waals surface area contributed by atoms with Gasteiger partial charge in [-0.15, -0.1) is 35.3 Å². The molecule has 140 valence electrons. The minimum atomic E-state index is 0. The molecule has 0 unspecified atom stereocenters. The Labute approximate surface area is 179 Å². The molecule has 0 saturated heterocycles. The third-order valence-electron chi connectivity index (χ3n) is 3.32. The van der Waals surface area contributed by atoms with Gasteiger partial charge in [0.05, 0.1) is 23.8 Å². The summed E-state index contributed by atoms with van der Waals surface area (Å²) in [7, 11) is 5.84. The Morgan fingerprint density at radius 1 is 1.36 bits per heavy atom. The van der Waals surface area contributed by atoms with Crippen molar-refractivity contribution in [2.24, 2.45) is 12.0 Å². The number of nitrogens with zero attached hydrogens (tertiary/aromatic N) is 4. The van der Waals surface area contributed by atoms with Crippen LogP contribution in [0, 0.1) is 0 Å². The third kappa shape index (κ3) is 6.19. The Hall–Kier alpha value is -0.710. The standard InChI is InChI=1S/C15H22Cl2N6S.HI/c1-5-18-14(19-7-10-9-24-15(21-10)22(2)3)20-8-11-6-12(16)13(17)23(11)4;/h6,9H,5,7-8H2,1-4H3,(H2,18,19,20);1H. The zero-order valence-corrected chi connectivity index (χ0v) is 19.3. The second-order valence-corrected chi connectivity index (χ2v) is 7.00. The molecule has 0 saturated carbocycles. The first-order chi connectivity index (χ1) is 11.4. The lowest BCUT2D eigenvalue weighted by Crippen LogP contribution is -2.37. The molecule has 0 aliphatic rings. The molecule has 0 aliphatic heterocycles. The molecule has 0 bridgehead atoms. The molecule has 0 fully saturated rings. The van der Waals surface area contributed by atoms with Crippen LogP contribution in [-0.4, -0.2) is 36.2 Å².